The average molecular weight is 562 g/mol. The molecule has 0 aromatic heterocycles. The minimum absolute atomic E-state index is 0.217. The fraction of sp³-hybridized carbons (Fsp3) is 0.387. The van der Waals surface area contributed by atoms with Gasteiger partial charge in [-0.25, -0.2) is 0 Å². The van der Waals surface area contributed by atoms with Gasteiger partial charge in [-0.05, 0) is 44.5 Å². The van der Waals surface area contributed by atoms with E-state index >= 15 is 0 Å². The zero-order valence-electron chi connectivity index (χ0n) is 22.7. The van der Waals surface area contributed by atoms with Gasteiger partial charge in [-0.3, -0.25) is 14.4 Å². The predicted molar refractivity (Wildman–Crippen MR) is 152 cm³/mol. The Morgan fingerprint density at radius 2 is 1.65 bits per heavy atom. The van der Waals surface area contributed by atoms with Gasteiger partial charge in [-0.2, -0.15) is 0 Å². The van der Waals surface area contributed by atoms with Crippen LogP contribution in [0.1, 0.15) is 19.4 Å². The minimum atomic E-state index is -1.42. The van der Waals surface area contributed by atoms with Crippen molar-refractivity contribution in [3.05, 3.63) is 83.4 Å². The number of hydrogen-bond donors (Lipinski definition) is 1. The fourth-order valence-corrected chi connectivity index (χ4v) is 7.35. The summed E-state index contributed by atoms with van der Waals surface area (Å²) in [6, 6.07) is 13.0. The van der Waals surface area contributed by atoms with E-state index < -0.39 is 35.1 Å². The van der Waals surface area contributed by atoms with E-state index in [0.29, 0.717) is 17.3 Å². The molecule has 4 aliphatic rings. The molecule has 0 aliphatic carbocycles. The molecular formula is C31H32ClN3O5. The molecule has 1 unspecified atom stereocenters. The second-order valence-electron chi connectivity index (χ2n) is 11.2. The number of halogens is 1. The Bertz CT molecular complexity index is 1420. The summed E-state index contributed by atoms with van der Waals surface area (Å²) in [5, 5.41) is 10.6. The highest BCUT2D eigenvalue weighted by molar-refractivity contribution is 6.34. The van der Waals surface area contributed by atoms with E-state index in [0.717, 1.165) is 11.3 Å². The lowest BCUT2D eigenvalue weighted by molar-refractivity contribution is -0.147. The smallest absolute Gasteiger partial charge is 0.253 e. The van der Waals surface area contributed by atoms with Crippen molar-refractivity contribution in [1.29, 1.82) is 0 Å². The summed E-state index contributed by atoms with van der Waals surface area (Å²) in [5.41, 5.74) is -0.450. The third-order valence-electron chi connectivity index (χ3n) is 8.76. The highest BCUT2D eigenvalue weighted by atomic mass is 35.5. The van der Waals surface area contributed by atoms with Gasteiger partial charge in [0, 0.05) is 18.8 Å². The first-order chi connectivity index (χ1) is 19.1. The Hall–Kier alpha value is -3.46. The molecule has 0 saturated carbocycles. The number of hydrogen-bond acceptors (Lipinski definition) is 5. The Kier molecular flexibility index (Phi) is 6.40. The molecule has 3 amide bonds. The van der Waals surface area contributed by atoms with E-state index in [4.69, 9.17) is 16.3 Å². The van der Waals surface area contributed by atoms with Gasteiger partial charge in [0.1, 0.15) is 11.6 Å². The molecule has 2 aromatic rings. The van der Waals surface area contributed by atoms with Crippen LogP contribution in [0, 0.1) is 18.8 Å². The minimum Gasteiger partial charge on any atom is -0.394 e. The lowest BCUT2D eigenvalue weighted by Gasteiger charge is -2.39. The van der Waals surface area contributed by atoms with Crippen molar-refractivity contribution in [1.82, 2.24) is 4.90 Å². The van der Waals surface area contributed by atoms with E-state index in [2.05, 4.69) is 0 Å². The molecule has 9 heteroatoms. The maximum absolute atomic E-state index is 14.5. The molecule has 8 nitrogen and oxygen atoms in total. The molecule has 0 bridgehead atoms. The number of aliphatic hydroxyl groups excluding tert-OH is 1. The number of carbonyl (C=O) groups excluding carboxylic acids is 3. The maximum atomic E-state index is 14.5. The van der Waals surface area contributed by atoms with Crippen LogP contribution in [0.4, 0.5) is 11.4 Å². The molecule has 6 rings (SSSR count). The summed E-state index contributed by atoms with van der Waals surface area (Å²) in [6.45, 7) is 5.59. The van der Waals surface area contributed by atoms with Gasteiger partial charge in [0.25, 0.3) is 5.91 Å². The number of anilines is 2. The Morgan fingerprint density at radius 1 is 0.950 bits per heavy atom. The number of likely N-dealkylation sites (tertiary alicyclic amines) is 1. The molecule has 2 fully saturated rings. The van der Waals surface area contributed by atoms with Gasteiger partial charge in [0.2, 0.25) is 11.8 Å². The first-order valence-electron chi connectivity index (χ1n) is 13.6. The maximum Gasteiger partial charge on any atom is 0.253 e. The van der Waals surface area contributed by atoms with Gasteiger partial charge < -0.3 is 24.5 Å². The van der Waals surface area contributed by atoms with Gasteiger partial charge in [-0.1, -0.05) is 66.2 Å². The molecule has 4 aliphatic heterocycles. The summed E-state index contributed by atoms with van der Waals surface area (Å²) >= 11 is 6.59. The van der Waals surface area contributed by atoms with Crippen LogP contribution in [0.5, 0.6) is 0 Å². The van der Waals surface area contributed by atoms with E-state index in [1.807, 2.05) is 74.5 Å². The summed E-state index contributed by atoms with van der Waals surface area (Å²) in [7, 11) is 0. The molecule has 4 heterocycles. The van der Waals surface area contributed by atoms with Crippen LogP contribution < -0.4 is 9.80 Å². The highest BCUT2D eigenvalue weighted by Gasteiger charge is 2.75. The molecule has 2 saturated heterocycles. The zero-order chi connectivity index (χ0) is 28.4. The van der Waals surface area contributed by atoms with Crippen molar-refractivity contribution in [3.63, 3.8) is 0 Å². The Morgan fingerprint density at radius 3 is 2.35 bits per heavy atom. The van der Waals surface area contributed by atoms with Crippen molar-refractivity contribution in [3.8, 4) is 0 Å². The first-order valence-corrected chi connectivity index (χ1v) is 13.9. The number of para-hydroxylation sites is 2. The van der Waals surface area contributed by atoms with Gasteiger partial charge in [-0.15, -0.1) is 0 Å². The summed E-state index contributed by atoms with van der Waals surface area (Å²) in [4.78, 5) is 47.9. The summed E-state index contributed by atoms with van der Waals surface area (Å²) < 4.78 is 6.85. The molecule has 1 spiro atoms. The number of rotatable bonds is 4. The fourth-order valence-electron chi connectivity index (χ4n) is 7.03. The predicted octanol–water partition coefficient (Wildman–Crippen LogP) is 3.51. The number of nitrogens with zero attached hydrogens (tertiary/aromatic N) is 3. The zero-order valence-corrected chi connectivity index (χ0v) is 23.4. The van der Waals surface area contributed by atoms with Crippen LogP contribution in [0.2, 0.25) is 5.02 Å². The lowest BCUT2D eigenvalue weighted by Crippen LogP contribution is -2.58. The number of aliphatic hydroxyl groups is 1. The molecule has 6 atom stereocenters. The van der Waals surface area contributed by atoms with Crippen molar-refractivity contribution >= 4 is 40.7 Å². The lowest BCUT2D eigenvalue weighted by atomic mass is 9.74. The van der Waals surface area contributed by atoms with Crippen LogP contribution in [0.25, 0.3) is 0 Å². The molecule has 0 radical (unpaired) electrons. The normalized spacial score (nSPS) is 32.1. The van der Waals surface area contributed by atoms with E-state index in [1.54, 1.807) is 28.9 Å². The SMILES string of the molecule is Cc1cccc(Cl)c1N1CC=C[C@]23O[C@]4(C)C=CCN(c5ccccc5)C(=O)[C@@H]4[C@H]2C(=O)N([C@H](C)CO)C3C1=O. The second-order valence-corrected chi connectivity index (χ2v) is 11.6. The van der Waals surface area contributed by atoms with E-state index in [9.17, 15) is 19.5 Å². The largest absolute Gasteiger partial charge is 0.394 e. The van der Waals surface area contributed by atoms with Crippen molar-refractivity contribution in [2.45, 2.75) is 44.1 Å². The van der Waals surface area contributed by atoms with Crippen molar-refractivity contribution in [2.75, 3.05) is 29.5 Å². The van der Waals surface area contributed by atoms with Gasteiger partial charge >= 0.3 is 0 Å². The number of ether oxygens (including phenoxy) is 1. The summed E-state index contributed by atoms with van der Waals surface area (Å²) in [6.07, 6.45) is 7.36. The molecular weight excluding hydrogens is 530 g/mol. The monoisotopic (exact) mass is 561 g/mol. The van der Waals surface area contributed by atoms with Crippen molar-refractivity contribution in [2.24, 2.45) is 11.8 Å². The molecule has 40 heavy (non-hydrogen) atoms. The van der Waals surface area contributed by atoms with Crippen LogP contribution in [-0.2, 0) is 19.1 Å². The Balaban J connectivity index is 1.51. The average Bonchev–Trinajstić information content (AvgIpc) is 3.21. The molecule has 1 N–H and O–H groups in total. The standard InChI is InChI=1S/C31H32ClN3O5/c1-19-10-7-13-22(32)25(19)34-17-9-15-31-24(28(38)35(20(2)18-36)26(31)29(34)39)23-27(37)33(21-11-5-4-6-12-21)16-8-14-30(23,3)40-31/h4-15,20,23-24,26,36H,16-18H2,1-3H3/t20-,23+,24+,26?,30-,31+/m1/s1. The third-order valence-corrected chi connectivity index (χ3v) is 9.07. The topological polar surface area (TPSA) is 90.4 Å². The third kappa shape index (κ3) is 3.70. The Labute approximate surface area is 238 Å². The number of carbonyl (C=O) groups is 3. The van der Waals surface area contributed by atoms with Gasteiger partial charge in [0.05, 0.1) is 40.8 Å². The first kappa shape index (κ1) is 26.7. The highest BCUT2D eigenvalue weighted by Crippen LogP contribution is 2.58. The number of benzene rings is 2. The van der Waals surface area contributed by atoms with Crippen LogP contribution in [0.15, 0.2) is 72.8 Å². The molecule has 2 aromatic carbocycles. The number of amides is 3. The van der Waals surface area contributed by atoms with E-state index in [1.165, 1.54) is 4.90 Å². The van der Waals surface area contributed by atoms with Crippen LogP contribution >= 0.6 is 11.6 Å². The second kappa shape index (κ2) is 9.58. The number of fused-ring (bicyclic) bond motifs is 2. The summed E-state index contributed by atoms with van der Waals surface area (Å²) in [5.74, 6) is -2.84. The van der Waals surface area contributed by atoms with Gasteiger partial charge in [0.15, 0.2) is 0 Å². The van der Waals surface area contributed by atoms with E-state index in [-0.39, 0.29) is 30.9 Å². The van der Waals surface area contributed by atoms with Crippen LogP contribution in [0.3, 0.4) is 0 Å². The molecule has 208 valence electrons. The number of aryl methyl sites for hydroxylation is 1. The van der Waals surface area contributed by atoms with Crippen molar-refractivity contribution < 1.29 is 24.2 Å². The quantitative estimate of drug-likeness (QED) is 0.577. The van der Waals surface area contributed by atoms with Crippen LogP contribution in [-0.4, -0.2) is 70.7 Å².